The van der Waals surface area contributed by atoms with Crippen LogP contribution in [0.25, 0.3) is 0 Å². The molecule has 0 bridgehead atoms. The van der Waals surface area contributed by atoms with Crippen molar-refractivity contribution in [2.45, 2.75) is 71.4 Å². The molecule has 2 atom stereocenters. The van der Waals surface area contributed by atoms with Gasteiger partial charge in [0.25, 0.3) is 0 Å². The van der Waals surface area contributed by atoms with Gasteiger partial charge < -0.3 is 10.1 Å². The summed E-state index contributed by atoms with van der Waals surface area (Å²) in [5.41, 5.74) is 2.06. The van der Waals surface area contributed by atoms with Gasteiger partial charge in [0.2, 0.25) is 0 Å². The van der Waals surface area contributed by atoms with Crippen molar-refractivity contribution in [2.75, 3.05) is 5.32 Å². The number of hydrogen-bond acceptors (Lipinski definition) is 3. The van der Waals surface area contributed by atoms with E-state index in [1.165, 1.54) is 0 Å². The second-order valence-electron chi connectivity index (χ2n) is 7.47. The van der Waals surface area contributed by atoms with E-state index >= 15 is 0 Å². The van der Waals surface area contributed by atoms with Crippen molar-refractivity contribution in [2.24, 2.45) is 5.92 Å². The second-order valence-corrected chi connectivity index (χ2v) is 7.47. The number of rotatable bonds is 12. The molecule has 2 rings (SSSR count). The quantitative estimate of drug-likeness (QED) is 0.442. The van der Waals surface area contributed by atoms with Crippen LogP contribution in [-0.2, 0) is 16.0 Å². The summed E-state index contributed by atoms with van der Waals surface area (Å²) in [6.07, 6.45) is 5.91. The van der Waals surface area contributed by atoms with Crippen molar-refractivity contribution >= 4 is 11.7 Å². The van der Waals surface area contributed by atoms with Crippen molar-refractivity contribution in [1.29, 1.82) is 0 Å². The zero-order valence-corrected chi connectivity index (χ0v) is 17.6. The lowest BCUT2D eigenvalue weighted by molar-refractivity contribution is -0.153. The fraction of sp³-hybridized carbons (Fsp3) is 0.480. The predicted octanol–water partition coefficient (Wildman–Crippen LogP) is 6.25. The van der Waals surface area contributed by atoms with Crippen molar-refractivity contribution < 1.29 is 9.53 Å². The van der Waals surface area contributed by atoms with Gasteiger partial charge in [-0.15, -0.1) is 0 Å². The van der Waals surface area contributed by atoms with Crippen LogP contribution in [-0.4, -0.2) is 18.1 Å². The maximum absolute atomic E-state index is 13.1. The Bertz CT molecular complexity index is 624. The van der Waals surface area contributed by atoms with Crippen LogP contribution in [0.5, 0.6) is 0 Å². The summed E-state index contributed by atoms with van der Waals surface area (Å²) in [5, 5.41) is 3.39. The Kier molecular flexibility index (Phi) is 9.61. The van der Waals surface area contributed by atoms with Crippen LogP contribution in [0.3, 0.4) is 0 Å². The minimum absolute atomic E-state index is 0.0109. The van der Waals surface area contributed by atoms with Gasteiger partial charge >= 0.3 is 5.97 Å². The van der Waals surface area contributed by atoms with Crippen molar-refractivity contribution in [1.82, 2.24) is 0 Å². The number of esters is 1. The van der Waals surface area contributed by atoms with E-state index in [4.69, 9.17) is 4.74 Å². The van der Waals surface area contributed by atoms with Crippen molar-refractivity contribution in [3.63, 3.8) is 0 Å². The van der Waals surface area contributed by atoms with Gasteiger partial charge in [0.15, 0.2) is 0 Å². The molecular formula is C25H35NO2. The molecule has 2 aromatic rings. The van der Waals surface area contributed by atoms with E-state index in [0.29, 0.717) is 12.3 Å². The molecule has 0 radical (unpaired) electrons. The molecule has 0 aromatic heterocycles. The van der Waals surface area contributed by atoms with Gasteiger partial charge in [0, 0.05) is 12.1 Å². The minimum atomic E-state index is -0.400. The lowest BCUT2D eigenvalue weighted by Crippen LogP contribution is -2.38. The van der Waals surface area contributed by atoms with Crippen LogP contribution in [0.4, 0.5) is 5.69 Å². The summed E-state index contributed by atoms with van der Waals surface area (Å²) in [6.45, 7) is 6.52. The number of hydrogen-bond donors (Lipinski definition) is 1. The van der Waals surface area contributed by atoms with Gasteiger partial charge in [-0.1, -0.05) is 82.1 Å². The van der Waals surface area contributed by atoms with Gasteiger partial charge in [-0.25, -0.2) is 4.79 Å². The third-order valence-corrected chi connectivity index (χ3v) is 5.20. The molecule has 2 aromatic carbocycles. The molecule has 0 saturated carbocycles. The number of carbonyl (C=O) groups is 1. The normalized spacial score (nSPS) is 13.1. The Morgan fingerprint density at radius 1 is 0.893 bits per heavy atom. The number of nitrogens with one attached hydrogen (secondary N) is 1. The van der Waals surface area contributed by atoms with Crippen LogP contribution >= 0.6 is 0 Å². The van der Waals surface area contributed by atoms with E-state index in [1.807, 2.05) is 48.5 Å². The minimum Gasteiger partial charge on any atom is -0.461 e. The lowest BCUT2D eigenvalue weighted by Gasteiger charge is -2.28. The molecule has 0 heterocycles. The number of benzene rings is 2. The van der Waals surface area contributed by atoms with Crippen LogP contribution in [0.1, 0.15) is 58.4 Å². The molecule has 0 aliphatic heterocycles. The standard InChI is InChI=1S/C25H35NO2/c1-4-13-21(14-5-2)24(6-3)28-25(27)23(19-20-15-9-7-10-16-20)26-22-17-11-8-12-18-22/h7-12,15-18,21,23-24,26H,4-6,13-14,19H2,1-3H3/t23?,24-/m0/s1. The fourth-order valence-corrected chi connectivity index (χ4v) is 3.78. The third kappa shape index (κ3) is 7.03. The largest absolute Gasteiger partial charge is 0.461 e. The molecule has 3 heteroatoms. The summed E-state index contributed by atoms with van der Waals surface area (Å²) >= 11 is 0. The topological polar surface area (TPSA) is 38.3 Å². The molecule has 3 nitrogen and oxygen atoms in total. The van der Waals surface area contributed by atoms with E-state index in [-0.39, 0.29) is 12.1 Å². The van der Waals surface area contributed by atoms with Gasteiger partial charge in [-0.05, 0) is 42.9 Å². The first-order valence-corrected chi connectivity index (χ1v) is 10.7. The summed E-state index contributed by atoms with van der Waals surface area (Å²) in [6, 6.07) is 19.6. The van der Waals surface area contributed by atoms with E-state index in [1.54, 1.807) is 0 Å². The first-order chi connectivity index (χ1) is 13.7. The summed E-state index contributed by atoms with van der Waals surface area (Å²) in [7, 11) is 0. The maximum atomic E-state index is 13.1. The van der Waals surface area contributed by atoms with E-state index in [0.717, 1.165) is 43.4 Å². The number of ether oxygens (including phenoxy) is 1. The molecule has 1 N–H and O–H groups in total. The van der Waals surface area contributed by atoms with E-state index in [9.17, 15) is 4.79 Å². The summed E-state index contributed by atoms with van der Waals surface area (Å²) in [5.74, 6) is 0.287. The molecule has 0 aliphatic carbocycles. The van der Waals surface area contributed by atoms with Gasteiger partial charge in [0.05, 0.1) is 0 Å². The zero-order valence-electron chi connectivity index (χ0n) is 17.6. The Morgan fingerprint density at radius 3 is 2.00 bits per heavy atom. The highest BCUT2D eigenvalue weighted by molar-refractivity contribution is 5.80. The summed E-state index contributed by atoms with van der Waals surface area (Å²) < 4.78 is 6.07. The highest BCUT2D eigenvalue weighted by atomic mass is 16.5. The lowest BCUT2D eigenvalue weighted by atomic mass is 9.91. The molecule has 0 spiro atoms. The highest BCUT2D eigenvalue weighted by Crippen LogP contribution is 2.24. The molecule has 0 saturated heterocycles. The Balaban J connectivity index is 2.14. The molecule has 152 valence electrons. The molecule has 0 fully saturated rings. The van der Waals surface area contributed by atoms with Crippen molar-refractivity contribution in [3.05, 3.63) is 66.2 Å². The highest BCUT2D eigenvalue weighted by Gasteiger charge is 2.27. The van der Waals surface area contributed by atoms with Crippen LogP contribution in [0, 0.1) is 5.92 Å². The average molecular weight is 382 g/mol. The zero-order chi connectivity index (χ0) is 20.2. The van der Waals surface area contributed by atoms with E-state index in [2.05, 4.69) is 38.2 Å². The molecule has 1 unspecified atom stereocenters. The second kappa shape index (κ2) is 12.2. The maximum Gasteiger partial charge on any atom is 0.329 e. The summed E-state index contributed by atoms with van der Waals surface area (Å²) in [4.78, 5) is 13.1. The first-order valence-electron chi connectivity index (χ1n) is 10.7. The smallest absolute Gasteiger partial charge is 0.329 e. The third-order valence-electron chi connectivity index (χ3n) is 5.20. The predicted molar refractivity (Wildman–Crippen MR) is 117 cm³/mol. The number of anilines is 1. The monoisotopic (exact) mass is 381 g/mol. The molecule has 0 amide bonds. The van der Waals surface area contributed by atoms with E-state index < -0.39 is 6.04 Å². The molecule has 0 aliphatic rings. The number of carbonyl (C=O) groups excluding carboxylic acids is 1. The van der Waals surface area contributed by atoms with Crippen LogP contribution in [0.2, 0.25) is 0 Å². The molecule has 28 heavy (non-hydrogen) atoms. The average Bonchev–Trinajstić information content (AvgIpc) is 2.73. The van der Waals surface area contributed by atoms with Gasteiger partial charge in [-0.2, -0.15) is 0 Å². The SMILES string of the molecule is CCCC(CCC)[C@H](CC)OC(=O)C(Cc1ccccc1)Nc1ccccc1. The Hall–Kier alpha value is -2.29. The molecular weight excluding hydrogens is 346 g/mol. The number of para-hydroxylation sites is 1. The van der Waals surface area contributed by atoms with Crippen molar-refractivity contribution in [3.8, 4) is 0 Å². The Labute approximate surface area is 170 Å². The van der Waals surface area contributed by atoms with Gasteiger partial charge in [-0.3, -0.25) is 0 Å². The first kappa shape index (κ1) is 22.0. The Morgan fingerprint density at radius 2 is 1.46 bits per heavy atom. The van der Waals surface area contributed by atoms with Crippen LogP contribution in [0.15, 0.2) is 60.7 Å². The fourth-order valence-electron chi connectivity index (χ4n) is 3.78. The van der Waals surface area contributed by atoms with Gasteiger partial charge in [0.1, 0.15) is 12.1 Å². The van der Waals surface area contributed by atoms with Crippen LogP contribution < -0.4 is 5.32 Å².